The minimum absolute atomic E-state index is 0.419. The van der Waals surface area contributed by atoms with Gasteiger partial charge < -0.3 is 5.32 Å². The Bertz CT molecular complexity index is 255. The summed E-state index contributed by atoms with van der Waals surface area (Å²) in [7, 11) is -0.644. The van der Waals surface area contributed by atoms with Gasteiger partial charge in [0.15, 0.2) is 0 Å². The Morgan fingerprint density at radius 1 is 1.33 bits per heavy atom. The molecule has 1 N–H and O–H groups in total. The molecule has 4 atom stereocenters. The van der Waals surface area contributed by atoms with E-state index in [2.05, 4.69) is 33.0 Å². The molecule has 4 unspecified atom stereocenters. The fourth-order valence-electron chi connectivity index (χ4n) is 2.75. The van der Waals surface area contributed by atoms with Gasteiger partial charge in [0.2, 0.25) is 0 Å². The first-order valence-electron chi connectivity index (χ1n) is 7.65. The lowest BCUT2D eigenvalue weighted by atomic mass is 9.91. The number of hydrogen-bond acceptors (Lipinski definition) is 2. The first-order chi connectivity index (χ1) is 8.54. The largest absolute Gasteiger partial charge is 0.313 e. The Balaban J connectivity index is 2.44. The highest BCUT2D eigenvalue weighted by atomic mass is 32.2. The molecule has 0 aromatic heterocycles. The van der Waals surface area contributed by atoms with Crippen molar-refractivity contribution in [2.45, 2.75) is 71.1 Å². The molecular formula is C15H31NOS. The van der Waals surface area contributed by atoms with Gasteiger partial charge in [-0.05, 0) is 37.6 Å². The molecule has 2 nitrogen and oxygen atoms in total. The summed E-state index contributed by atoms with van der Waals surface area (Å²) >= 11 is 0. The molecule has 1 saturated carbocycles. The highest BCUT2D eigenvalue weighted by Gasteiger charge is 2.26. The van der Waals surface area contributed by atoms with Crippen LogP contribution in [0.3, 0.4) is 0 Å². The molecule has 1 aliphatic carbocycles. The molecule has 108 valence electrons. The van der Waals surface area contributed by atoms with Crippen molar-refractivity contribution in [1.29, 1.82) is 0 Å². The molecule has 1 rings (SSSR count). The van der Waals surface area contributed by atoms with Gasteiger partial charge in [-0.2, -0.15) is 0 Å². The lowest BCUT2D eigenvalue weighted by molar-refractivity contribution is 0.385. The summed E-state index contributed by atoms with van der Waals surface area (Å²) in [4.78, 5) is 0. The summed E-state index contributed by atoms with van der Waals surface area (Å²) in [6, 6.07) is 0.419. The second kappa shape index (κ2) is 8.31. The number of hydrogen-bond donors (Lipinski definition) is 1. The predicted octanol–water partition coefficient (Wildman–Crippen LogP) is 3.34. The minimum atomic E-state index is -0.644. The molecule has 0 aliphatic heterocycles. The van der Waals surface area contributed by atoms with Crippen LogP contribution in [0.4, 0.5) is 0 Å². The predicted molar refractivity (Wildman–Crippen MR) is 81.3 cm³/mol. The van der Waals surface area contributed by atoms with Crippen LogP contribution in [0.2, 0.25) is 0 Å². The van der Waals surface area contributed by atoms with Gasteiger partial charge in [-0.25, -0.2) is 0 Å². The van der Waals surface area contributed by atoms with E-state index >= 15 is 0 Å². The third kappa shape index (κ3) is 5.40. The van der Waals surface area contributed by atoms with Gasteiger partial charge in [0, 0.05) is 27.8 Å². The molecule has 0 saturated heterocycles. The Morgan fingerprint density at radius 2 is 2.06 bits per heavy atom. The summed E-state index contributed by atoms with van der Waals surface area (Å²) in [5.74, 6) is 2.19. The van der Waals surface area contributed by atoms with Gasteiger partial charge in [0.25, 0.3) is 0 Å². The first kappa shape index (κ1) is 16.2. The van der Waals surface area contributed by atoms with E-state index in [1.807, 2.05) is 0 Å². The molecule has 0 amide bonds. The smallest absolute Gasteiger partial charge is 0.0394 e. The Labute approximate surface area is 116 Å². The van der Waals surface area contributed by atoms with Crippen molar-refractivity contribution >= 4 is 10.8 Å². The van der Waals surface area contributed by atoms with Crippen LogP contribution in [0, 0.1) is 11.8 Å². The van der Waals surface area contributed by atoms with E-state index < -0.39 is 10.8 Å². The topological polar surface area (TPSA) is 29.1 Å². The highest BCUT2D eigenvalue weighted by Crippen LogP contribution is 2.27. The Hall–Kier alpha value is 0.110. The van der Waals surface area contributed by atoms with Crippen LogP contribution in [0.1, 0.15) is 59.8 Å². The van der Waals surface area contributed by atoms with Crippen LogP contribution in [0.15, 0.2) is 0 Å². The van der Waals surface area contributed by atoms with Gasteiger partial charge >= 0.3 is 0 Å². The molecular weight excluding hydrogens is 242 g/mol. The average molecular weight is 273 g/mol. The number of rotatable bonds is 7. The van der Waals surface area contributed by atoms with Crippen LogP contribution in [-0.4, -0.2) is 27.8 Å². The third-order valence-corrected chi connectivity index (χ3v) is 5.92. The average Bonchev–Trinajstić information content (AvgIpc) is 2.33. The quantitative estimate of drug-likeness (QED) is 0.771. The Morgan fingerprint density at radius 3 is 2.61 bits per heavy atom. The lowest BCUT2D eigenvalue weighted by Gasteiger charge is -2.29. The van der Waals surface area contributed by atoms with Crippen molar-refractivity contribution in [3.05, 3.63) is 0 Å². The fourth-order valence-corrected chi connectivity index (χ4v) is 4.85. The van der Waals surface area contributed by atoms with E-state index in [-0.39, 0.29) is 0 Å². The maximum atomic E-state index is 12.5. The fraction of sp³-hybridized carbons (Fsp3) is 1.00. The number of nitrogens with one attached hydrogen (secondary N) is 1. The molecule has 3 heteroatoms. The first-order valence-corrected chi connectivity index (χ1v) is 9.03. The maximum absolute atomic E-state index is 12.5. The molecule has 1 fully saturated rings. The van der Waals surface area contributed by atoms with E-state index in [0.717, 1.165) is 24.6 Å². The maximum Gasteiger partial charge on any atom is 0.0394 e. The van der Waals surface area contributed by atoms with Crippen LogP contribution < -0.4 is 5.32 Å². The van der Waals surface area contributed by atoms with E-state index in [0.29, 0.717) is 17.2 Å². The lowest BCUT2D eigenvalue weighted by Crippen LogP contribution is -2.41. The summed E-state index contributed by atoms with van der Waals surface area (Å²) < 4.78 is 12.5. The van der Waals surface area contributed by atoms with Gasteiger partial charge in [-0.1, -0.05) is 40.5 Å². The molecule has 0 radical (unpaired) electrons. The summed E-state index contributed by atoms with van der Waals surface area (Å²) in [6.45, 7) is 9.99. The zero-order chi connectivity index (χ0) is 13.5. The van der Waals surface area contributed by atoms with Crippen molar-refractivity contribution < 1.29 is 4.21 Å². The van der Waals surface area contributed by atoms with Crippen molar-refractivity contribution in [3.63, 3.8) is 0 Å². The zero-order valence-corrected chi connectivity index (χ0v) is 13.4. The zero-order valence-electron chi connectivity index (χ0n) is 12.6. The molecule has 0 aromatic rings. The van der Waals surface area contributed by atoms with Crippen LogP contribution >= 0.6 is 0 Å². The van der Waals surface area contributed by atoms with Crippen molar-refractivity contribution in [1.82, 2.24) is 5.32 Å². The van der Waals surface area contributed by atoms with E-state index in [1.54, 1.807) is 0 Å². The van der Waals surface area contributed by atoms with E-state index in [9.17, 15) is 4.21 Å². The molecule has 0 bridgehead atoms. The molecule has 1 aliphatic rings. The molecule has 0 heterocycles. The van der Waals surface area contributed by atoms with Crippen molar-refractivity contribution in [3.8, 4) is 0 Å². The van der Waals surface area contributed by atoms with Crippen molar-refractivity contribution in [2.24, 2.45) is 11.8 Å². The minimum Gasteiger partial charge on any atom is -0.313 e. The SMILES string of the molecule is CCCNC(CS(=O)C1CCCC(C)C1)C(C)C. The van der Waals surface area contributed by atoms with Crippen LogP contribution in [-0.2, 0) is 10.8 Å². The van der Waals surface area contributed by atoms with Gasteiger partial charge in [-0.15, -0.1) is 0 Å². The second-order valence-corrected chi connectivity index (χ2v) is 8.01. The van der Waals surface area contributed by atoms with Crippen LogP contribution in [0.5, 0.6) is 0 Å². The molecule has 0 spiro atoms. The monoisotopic (exact) mass is 273 g/mol. The van der Waals surface area contributed by atoms with Crippen LogP contribution in [0.25, 0.3) is 0 Å². The van der Waals surface area contributed by atoms with Crippen molar-refractivity contribution in [2.75, 3.05) is 12.3 Å². The highest BCUT2D eigenvalue weighted by molar-refractivity contribution is 7.85. The summed E-state index contributed by atoms with van der Waals surface area (Å²) in [5.41, 5.74) is 0. The van der Waals surface area contributed by atoms with E-state index in [1.165, 1.54) is 25.7 Å². The summed E-state index contributed by atoms with van der Waals surface area (Å²) in [6.07, 6.45) is 6.10. The van der Waals surface area contributed by atoms with Gasteiger partial charge in [-0.3, -0.25) is 4.21 Å². The van der Waals surface area contributed by atoms with E-state index in [4.69, 9.17) is 0 Å². The Kier molecular flexibility index (Phi) is 7.47. The van der Waals surface area contributed by atoms with Gasteiger partial charge in [0.05, 0.1) is 0 Å². The normalized spacial score (nSPS) is 28.3. The molecule has 18 heavy (non-hydrogen) atoms. The van der Waals surface area contributed by atoms with Gasteiger partial charge in [0.1, 0.15) is 0 Å². The molecule has 0 aromatic carbocycles. The second-order valence-electron chi connectivity index (χ2n) is 6.25. The standard InChI is InChI=1S/C15H31NOS/c1-5-9-16-15(12(2)3)11-18(17)14-8-6-7-13(4)10-14/h12-16H,5-11H2,1-4H3. The third-order valence-electron chi connectivity index (χ3n) is 4.07. The summed E-state index contributed by atoms with van der Waals surface area (Å²) in [5, 5.41) is 4.01.